The second-order valence-electron chi connectivity index (χ2n) is 14.0. The summed E-state index contributed by atoms with van der Waals surface area (Å²) in [5, 5.41) is 24.3. The van der Waals surface area contributed by atoms with E-state index in [2.05, 4.69) is 30.9 Å². The summed E-state index contributed by atoms with van der Waals surface area (Å²) in [6.45, 7) is 6.37. The molecule has 2 aliphatic rings. The fourth-order valence-corrected chi connectivity index (χ4v) is 6.51. The van der Waals surface area contributed by atoms with Gasteiger partial charge in [0.05, 0.1) is 25.3 Å². The second kappa shape index (κ2) is 19.1. The van der Waals surface area contributed by atoms with E-state index in [-0.39, 0.29) is 62.3 Å². The van der Waals surface area contributed by atoms with Crippen molar-refractivity contribution in [2.75, 3.05) is 25.4 Å². The Morgan fingerprint density at radius 1 is 1.22 bits per heavy atom. The molecule has 2 aliphatic heterocycles. The number of oxazole rings is 1. The lowest BCUT2D eigenvalue weighted by molar-refractivity contribution is -0.159. The molecule has 2 bridgehead atoms. The third-order valence-electron chi connectivity index (χ3n) is 9.21. The quantitative estimate of drug-likeness (QED) is 0.256. The molecule has 1 saturated heterocycles. The van der Waals surface area contributed by atoms with Gasteiger partial charge in [0.25, 0.3) is 5.91 Å². The minimum Gasteiger partial charge on any atom is -0.460 e. The van der Waals surface area contributed by atoms with Crippen molar-refractivity contribution in [2.45, 2.75) is 83.8 Å². The number of hydrogen-bond donors (Lipinski definition) is 4. The van der Waals surface area contributed by atoms with Gasteiger partial charge in [0, 0.05) is 50.2 Å². The number of carbonyl (C=O) groups is 4. The molecule has 294 valence electrons. The number of aliphatic hydroxyl groups is 1. The van der Waals surface area contributed by atoms with Crippen molar-refractivity contribution in [2.24, 2.45) is 11.8 Å². The fourth-order valence-electron chi connectivity index (χ4n) is 6.51. The molecule has 5 rings (SSSR count). The summed E-state index contributed by atoms with van der Waals surface area (Å²) in [5.41, 5.74) is 7.71. The maximum atomic E-state index is 14.8. The smallest absolute Gasteiger partial charge is 0.329 e. The number of pyridine rings is 1. The number of nitrogens with zero attached hydrogens (tertiary/aromatic N) is 6. The van der Waals surface area contributed by atoms with Crippen LogP contribution in [0, 0.1) is 11.8 Å². The molecule has 17 heteroatoms. The van der Waals surface area contributed by atoms with Gasteiger partial charge in [0.2, 0.25) is 11.8 Å². The van der Waals surface area contributed by atoms with Crippen molar-refractivity contribution < 1.29 is 37.8 Å². The highest BCUT2D eigenvalue weighted by Gasteiger charge is 2.39. The molecule has 0 saturated carbocycles. The van der Waals surface area contributed by atoms with Crippen molar-refractivity contribution >= 4 is 29.5 Å². The van der Waals surface area contributed by atoms with Crippen molar-refractivity contribution in [3.05, 3.63) is 78.3 Å². The molecule has 5 N–H and O–H groups in total. The largest absolute Gasteiger partial charge is 0.460 e. The molecule has 0 aliphatic carbocycles. The fraction of sp³-hybridized carbons (Fsp3) is 0.474. The standard InChI is InChI=1S/C38H48FN9O7/c1-23(2)36-26(18-34(51)43-13-15-47-21-29(45-46-47)25-10-12-41-32(40)17-25)8-9-33(50)42-11-4-6-24(3)16-28(49)19-27(39)20-35-44-30(22-54-35)37(52)48-14-5-7-31(48)38(53)55-36/h4,6,8-10,12,16-17,21-23,26-28,31,36,49H,5,7,11,13-15,18-20H2,1-3H3,(H2,40,41)(H,42,50)(H,43,51)/b6-4+,9-8+,24-16+/t26-,27+,28+,31+,36+/m0/s1. The number of esters is 1. The van der Waals surface area contributed by atoms with E-state index in [0.29, 0.717) is 36.5 Å². The average Bonchev–Trinajstić information content (AvgIpc) is 3.92. The number of rotatable bonds is 7. The lowest BCUT2D eigenvalue weighted by Gasteiger charge is -2.30. The van der Waals surface area contributed by atoms with Gasteiger partial charge in [-0.15, -0.1) is 5.10 Å². The van der Waals surface area contributed by atoms with Gasteiger partial charge in [-0.1, -0.05) is 48.9 Å². The number of ether oxygens (including phenoxy) is 1. The number of fused-ring (bicyclic) bond motifs is 3. The SMILES string of the molecule is CC1=C\[C@@H](O)C[C@@H](F)Cc2nc(co2)C(=O)N2CCC[C@@H]2C(=O)O[C@H](C(C)C)[C@H](CC(=O)NCCn2cc(-c3ccnc(N)c3)nn2)/C=C/C(=O)NC\C=C\1. The van der Waals surface area contributed by atoms with Gasteiger partial charge < -0.3 is 35.5 Å². The molecule has 55 heavy (non-hydrogen) atoms. The van der Waals surface area contributed by atoms with Crippen LogP contribution in [-0.2, 0) is 32.1 Å². The first-order chi connectivity index (χ1) is 26.4. The van der Waals surface area contributed by atoms with Gasteiger partial charge in [-0.3, -0.25) is 19.1 Å². The topological polar surface area (TPSA) is 221 Å². The molecule has 3 aromatic heterocycles. The van der Waals surface area contributed by atoms with E-state index < -0.39 is 48.1 Å². The Bertz CT molecular complexity index is 1900. The van der Waals surface area contributed by atoms with E-state index in [1.165, 1.54) is 17.1 Å². The van der Waals surface area contributed by atoms with Gasteiger partial charge in [-0.2, -0.15) is 0 Å². The number of hydrogen-bond acceptors (Lipinski definition) is 12. The van der Waals surface area contributed by atoms with Crippen LogP contribution in [-0.4, -0.2) is 103 Å². The third-order valence-corrected chi connectivity index (χ3v) is 9.21. The number of nitrogens with one attached hydrogen (secondary N) is 2. The first kappa shape index (κ1) is 40.5. The minimum atomic E-state index is -1.50. The molecular weight excluding hydrogens is 713 g/mol. The number of carbonyl (C=O) groups excluding carboxylic acids is 4. The molecule has 0 aromatic carbocycles. The number of nitrogens with two attached hydrogens (primary N) is 1. The maximum absolute atomic E-state index is 14.8. The maximum Gasteiger partial charge on any atom is 0.329 e. The van der Waals surface area contributed by atoms with Crippen LogP contribution in [0.3, 0.4) is 0 Å². The highest BCUT2D eigenvalue weighted by Crippen LogP contribution is 2.27. The lowest BCUT2D eigenvalue weighted by Crippen LogP contribution is -2.44. The molecule has 0 radical (unpaired) electrons. The van der Waals surface area contributed by atoms with Crippen LogP contribution in [0.1, 0.15) is 62.8 Å². The summed E-state index contributed by atoms with van der Waals surface area (Å²) in [4.78, 5) is 63.0. The van der Waals surface area contributed by atoms with E-state index in [1.54, 1.807) is 54.4 Å². The molecule has 3 aromatic rings. The van der Waals surface area contributed by atoms with E-state index in [9.17, 15) is 28.7 Å². The summed E-state index contributed by atoms with van der Waals surface area (Å²) in [7, 11) is 0. The number of alkyl halides is 1. The molecule has 0 unspecified atom stereocenters. The van der Waals surface area contributed by atoms with Crippen LogP contribution in [0.5, 0.6) is 0 Å². The Morgan fingerprint density at radius 2 is 2.04 bits per heavy atom. The highest BCUT2D eigenvalue weighted by molar-refractivity contribution is 5.95. The van der Waals surface area contributed by atoms with Crippen LogP contribution in [0.4, 0.5) is 10.2 Å². The Morgan fingerprint density at radius 3 is 2.82 bits per heavy atom. The number of aliphatic hydroxyl groups excluding tert-OH is 1. The Hall–Kier alpha value is -5.71. The van der Waals surface area contributed by atoms with E-state index >= 15 is 0 Å². The highest BCUT2D eigenvalue weighted by atomic mass is 19.1. The average molecular weight is 762 g/mol. The predicted octanol–water partition coefficient (Wildman–Crippen LogP) is 2.73. The van der Waals surface area contributed by atoms with Gasteiger partial charge in [-0.05, 0) is 43.9 Å². The summed E-state index contributed by atoms with van der Waals surface area (Å²) >= 11 is 0. The molecule has 16 nitrogen and oxygen atoms in total. The Labute approximate surface area is 318 Å². The minimum absolute atomic E-state index is 0.00881. The van der Waals surface area contributed by atoms with Crippen molar-refractivity contribution in [1.82, 2.24) is 40.5 Å². The van der Waals surface area contributed by atoms with Crippen LogP contribution < -0.4 is 16.4 Å². The van der Waals surface area contributed by atoms with E-state index in [0.717, 1.165) is 11.8 Å². The summed E-state index contributed by atoms with van der Waals surface area (Å²) in [6.07, 6.45) is 8.99. The van der Waals surface area contributed by atoms with Crippen molar-refractivity contribution in [1.29, 1.82) is 0 Å². The van der Waals surface area contributed by atoms with Gasteiger partial charge >= 0.3 is 5.97 Å². The lowest BCUT2D eigenvalue weighted by atomic mass is 9.89. The van der Waals surface area contributed by atoms with Gasteiger partial charge in [0.15, 0.2) is 11.6 Å². The van der Waals surface area contributed by atoms with Crippen LogP contribution in [0.2, 0.25) is 0 Å². The molecule has 3 amide bonds. The summed E-state index contributed by atoms with van der Waals surface area (Å²) in [5.74, 6) is -2.67. The van der Waals surface area contributed by atoms with Crippen LogP contribution in [0.25, 0.3) is 11.3 Å². The molecular formula is C38H48FN9O7. The van der Waals surface area contributed by atoms with Crippen LogP contribution >= 0.6 is 0 Å². The number of amides is 3. The number of nitrogen functional groups attached to an aromatic ring is 1. The Kier molecular flexibility index (Phi) is 14.0. The molecule has 5 heterocycles. The number of anilines is 1. The van der Waals surface area contributed by atoms with Crippen molar-refractivity contribution in [3.8, 4) is 11.3 Å². The van der Waals surface area contributed by atoms with Gasteiger partial charge in [-0.25, -0.2) is 19.2 Å². The van der Waals surface area contributed by atoms with Gasteiger partial charge in [0.1, 0.15) is 36.1 Å². The number of halogens is 1. The van der Waals surface area contributed by atoms with E-state index in [4.69, 9.17) is 14.9 Å². The Balaban J connectivity index is 1.32. The molecule has 1 fully saturated rings. The zero-order valence-electron chi connectivity index (χ0n) is 31.1. The summed E-state index contributed by atoms with van der Waals surface area (Å²) in [6, 6.07) is 2.51. The number of cyclic esters (lactones) is 1. The zero-order chi connectivity index (χ0) is 39.5. The predicted molar refractivity (Wildman–Crippen MR) is 198 cm³/mol. The van der Waals surface area contributed by atoms with E-state index in [1.807, 2.05) is 13.8 Å². The zero-order valence-corrected chi connectivity index (χ0v) is 31.1. The van der Waals surface area contributed by atoms with Crippen molar-refractivity contribution in [3.63, 3.8) is 0 Å². The third kappa shape index (κ3) is 11.6. The molecule has 5 atom stereocenters. The monoisotopic (exact) mass is 761 g/mol. The number of aromatic nitrogens is 5. The first-order valence-electron chi connectivity index (χ1n) is 18.3. The summed E-state index contributed by atoms with van der Waals surface area (Å²) < 4.78 is 27.9. The first-order valence-corrected chi connectivity index (χ1v) is 18.3. The normalized spacial score (nSPS) is 25.3. The second-order valence-corrected chi connectivity index (χ2v) is 14.0. The number of allylic oxidation sites excluding steroid dienone is 2. The molecule has 0 spiro atoms. The van der Waals surface area contributed by atoms with Crippen LogP contribution in [0.15, 0.2) is 71.2 Å².